The molecule has 2 heterocycles. The highest BCUT2D eigenvalue weighted by atomic mass is 19.4. The molecule has 0 spiro atoms. The third-order valence-corrected chi connectivity index (χ3v) is 3.49. The molecule has 5 N–H and O–H groups in total. The summed E-state index contributed by atoms with van der Waals surface area (Å²) in [6.07, 6.45) is -5.06. The summed E-state index contributed by atoms with van der Waals surface area (Å²) in [6, 6.07) is -0.578. The van der Waals surface area contributed by atoms with Crippen LogP contribution in [0.5, 0.6) is 0 Å². The molecule has 0 aromatic carbocycles. The number of carboxylic acid groups (broad SMARTS) is 1. The first kappa shape index (κ1) is 16.3. The zero-order valence-electron chi connectivity index (χ0n) is 11.5. The van der Waals surface area contributed by atoms with Gasteiger partial charge in [0.05, 0.1) is 0 Å². The van der Waals surface area contributed by atoms with E-state index in [1.807, 2.05) is 0 Å². The molecular formula is C12H16F3N5O2. The van der Waals surface area contributed by atoms with E-state index in [0.717, 1.165) is 6.20 Å². The molecule has 10 heteroatoms. The lowest BCUT2D eigenvalue weighted by molar-refractivity contribution is -0.185. The van der Waals surface area contributed by atoms with E-state index < -0.39 is 24.4 Å². The van der Waals surface area contributed by atoms with Crippen LogP contribution < -0.4 is 16.6 Å². The number of aromatic nitrogens is 1. The van der Waals surface area contributed by atoms with Gasteiger partial charge in [-0.2, -0.15) is 13.2 Å². The Morgan fingerprint density at radius 1 is 1.55 bits per heavy atom. The van der Waals surface area contributed by atoms with Crippen LogP contribution in [0.1, 0.15) is 18.0 Å². The molecular weight excluding hydrogens is 303 g/mol. The van der Waals surface area contributed by atoms with Crippen molar-refractivity contribution in [2.75, 3.05) is 18.5 Å². The van der Waals surface area contributed by atoms with Crippen molar-refractivity contribution in [2.24, 2.45) is 5.84 Å². The highest BCUT2D eigenvalue weighted by Crippen LogP contribution is 2.39. The van der Waals surface area contributed by atoms with Crippen LogP contribution in [0, 0.1) is 0 Å². The van der Waals surface area contributed by atoms with E-state index in [1.165, 1.54) is 12.1 Å². The zero-order valence-corrected chi connectivity index (χ0v) is 11.5. The second kappa shape index (κ2) is 6.36. The second-order valence-corrected chi connectivity index (χ2v) is 4.90. The number of anilines is 1. The Morgan fingerprint density at radius 2 is 2.27 bits per heavy atom. The molecule has 1 amide bonds. The molecule has 0 unspecified atom stereocenters. The second-order valence-electron chi connectivity index (χ2n) is 4.90. The fraction of sp³-hybridized carbons (Fsp3) is 0.500. The normalized spacial score (nSPS) is 19.7. The van der Waals surface area contributed by atoms with Gasteiger partial charge < -0.3 is 15.8 Å². The quantitative estimate of drug-likeness (QED) is 0.493. The van der Waals surface area contributed by atoms with E-state index in [-0.39, 0.29) is 17.9 Å². The maximum absolute atomic E-state index is 13.5. The molecule has 0 bridgehead atoms. The Kier molecular flexibility index (Phi) is 4.71. The lowest BCUT2D eigenvalue weighted by Crippen LogP contribution is -2.48. The minimum Gasteiger partial charge on any atom is -0.465 e. The SMILES string of the molecule is NNc1ccc([C@H](N(C(=O)O)[C@@H]2CCNC2)C(F)(F)F)cn1. The van der Waals surface area contributed by atoms with Crippen LogP contribution in [0.3, 0.4) is 0 Å². The average molecular weight is 319 g/mol. The van der Waals surface area contributed by atoms with Gasteiger partial charge in [-0.1, -0.05) is 6.07 Å². The van der Waals surface area contributed by atoms with Crippen molar-refractivity contribution in [3.05, 3.63) is 23.9 Å². The fourth-order valence-electron chi connectivity index (χ4n) is 2.51. The van der Waals surface area contributed by atoms with E-state index >= 15 is 0 Å². The first-order valence-corrected chi connectivity index (χ1v) is 6.56. The summed E-state index contributed by atoms with van der Waals surface area (Å²) in [6.45, 7) is 0.669. The summed E-state index contributed by atoms with van der Waals surface area (Å²) < 4.78 is 40.4. The topological polar surface area (TPSA) is 104 Å². The molecule has 0 saturated carbocycles. The standard InChI is InChI=1S/C12H16F3N5O2/c13-12(14,15)10(7-1-2-9(19-16)18-5-7)20(11(21)22)8-3-4-17-6-8/h1-2,5,8,10,17H,3-4,6,16H2,(H,18,19)(H,21,22)/t8-,10+/m1/s1. The van der Waals surface area contributed by atoms with E-state index in [2.05, 4.69) is 15.7 Å². The van der Waals surface area contributed by atoms with Crippen molar-refractivity contribution >= 4 is 11.9 Å². The summed E-state index contributed by atoms with van der Waals surface area (Å²) in [7, 11) is 0. The predicted molar refractivity (Wildman–Crippen MR) is 72.0 cm³/mol. The zero-order chi connectivity index (χ0) is 16.3. The number of nitrogen functional groups attached to an aromatic ring is 1. The number of carbonyl (C=O) groups is 1. The van der Waals surface area contributed by atoms with Crippen molar-refractivity contribution < 1.29 is 23.1 Å². The van der Waals surface area contributed by atoms with Gasteiger partial charge in [0.1, 0.15) is 5.82 Å². The van der Waals surface area contributed by atoms with Crippen LogP contribution in [0.15, 0.2) is 18.3 Å². The van der Waals surface area contributed by atoms with Gasteiger partial charge >= 0.3 is 12.3 Å². The number of alkyl halides is 3. The van der Waals surface area contributed by atoms with Gasteiger partial charge in [-0.05, 0) is 19.0 Å². The molecule has 0 radical (unpaired) electrons. The maximum Gasteiger partial charge on any atom is 0.413 e. The van der Waals surface area contributed by atoms with Gasteiger partial charge in [0.25, 0.3) is 0 Å². The Balaban J connectivity index is 2.40. The van der Waals surface area contributed by atoms with Crippen LogP contribution in [0.25, 0.3) is 0 Å². The molecule has 7 nitrogen and oxygen atoms in total. The number of hydrazine groups is 1. The van der Waals surface area contributed by atoms with Crippen LogP contribution in [-0.2, 0) is 0 Å². The summed E-state index contributed by atoms with van der Waals surface area (Å²) in [5.74, 6) is 5.31. The number of halogens is 3. The van der Waals surface area contributed by atoms with E-state index in [4.69, 9.17) is 5.84 Å². The number of nitrogens with one attached hydrogen (secondary N) is 2. The molecule has 0 aliphatic carbocycles. The summed E-state index contributed by atoms with van der Waals surface area (Å²) in [5, 5.41) is 12.1. The number of amides is 1. The Labute approximate surface area is 124 Å². The van der Waals surface area contributed by atoms with E-state index in [1.54, 1.807) is 0 Å². The molecule has 1 aliphatic rings. The number of nitrogens with zero attached hydrogens (tertiary/aromatic N) is 2. The molecule has 122 valence electrons. The van der Waals surface area contributed by atoms with Crippen molar-refractivity contribution in [1.82, 2.24) is 15.2 Å². The fourth-order valence-corrected chi connectivity index (χ4v) is 2.51. The van der Waals surface area contributed by atoms with Crippen LogP contribution in [-0.4, -0.2) is 46.4 Å². The third-order valence-electron chi connectivity index (χ3n) is 3.49. The monoisotopic (exact) mass is 319 g/mol. The van der Waals surface area contributed by atoms with Gasteiger partial charge in [-0.15, -0.1) is 0 Å². The summed E-state index contributed by atoms with van der Waals surface area (Å²) in [5.41, 5.74) is 1.96. The Morgan fingerprint density at radius 3 is 2.68 bits per heavy atom. The van der Waals surface area contributed by atoms with Gasteiger partial charge in [0, 0.05) is 24.3 Å². The highest BCUT2D eigenvalue weighted by Gasteiger charge is 2.49. The van der Waals surface area contributed by atoms with Gasteiger partial charge in [0.2, 0.25) is 0 Å². The maximum atomic E-state index is 13.5. The average Bonchev–Trinajstić information content (AvgIpc) is 2.97. The van der Waals surface area contributed by atoms with Crippen LogP contribution in [0.4, 0.5) is 23.8 Å². The van der Waals surface area contributed by atoms with Gasteiger partial charge in [0.15, 0.2) is 6.04 Å². The first-order chi connectivity index (χ1) is 10.3. The largest absolute Gasteiger partial charge is 0.465 e. The molecule has 1 aliphatic heterocycles. The van der Waals surface area contributed by atoms with Crippen LogP contribution >= 0.6 is 0 Å². The van der Waals surface area contributed by atoms with Crippen LogP contribution in [0.2, 0.25) is 0 Å². The molecule has 22 heavy (non-hydrogen) atoms. The number of hydrogen-bond donors (Lipinski definition) is 4. The molecule has 1 aromatic heterocycles. The smallest absolute Gasteiger partial charge is 0.413 e. The minimum atomic E-state index is -4.75. The Hall–Kier alpha value is -2.07. The van der Waals surface area contributed by atoms with Gasteiger partial charge in [-0.25, -0.2) is 15.6 Å². The molecule has 1 saturated heterocycles. The molecule has 1 aromatic rings. The number of rotatable bonds is 4. The van der Waals surface area contributed by atoms with E-state index in [0.29, 0.717) is 17.9 Å². The third kappa shape index (κ3) is 3.39. The van der Waals surface area contributed by atoms with Crippen molar-refractivity contribution in [3.63, 3.8) is 0 Å². The molecule has 2 atom stereocenters. The minimum absolute atomic E-state index is 0.189. The molecule has 1 fully saturated rings. The van der Waals surface area contributed by atoms with Gasteiger partial charge in [-0.3, -0.25) is 4.90 Å². The van der Waals surface area contributed by atoms with E-state index in [9.17, 15) is 23.1 Å². The lowest BCUT2D eigenvalue weighted by atomic mass is 10.0. The van der Waals surface area contributed by atoms with Crippen molar-refractivity contribution in [2.45, 2.75) is 24.7 Å². The number of pyridine rings is 1. The summed E-state index contributed by atoms with van der Waals surface area (Å²) in [4.78, 5) is 15.6. The number of nitrogens with two attached hydrogens (primary N) is 1. The molecule has 2 rings (SSSR count). The first-order valence-electron chi connectivity index (χ1n) is 6.56. The van der Waals surface area contributed by atoms with Crippen molar-refractivity contribution in [1.29, 1.82) is 0 Å². The number of hydrogen-bond acceptors (Lipinski definition) is 5. The Bertz CT molecular complexity index is 516. The lowest BCUT2D eigenvalue weighted by Gasteiger charge is -2.35. The highest BCUT2D eigenvalue weighted by molar-refractivity contribution is 5.66. The summed E-state index contributed by atoms with van der Waals surface area (Å²) >= 11 is 0. The van der Waals surface area contributed by atoms with Crippen molar-refractivity contribution in [3.8, 4) is 0 Å². The predicted octanol–water partition coefficient (Wildman–Crippen LogP) is 1.31.